The van der Waals surface area contributed by atoms with Crippen molar-refractivity contribution in [2.45, 2.75) is 32.7 Å². The molecule has 2 rings (SSSR count). The Morgan fingerprint density at radius 2 is 2.43 bits per heavy atom. The van der Waals surface area contributed by atoms with Crippen LogP contribution in [0.15, 0.2) is 10.4 Å². The standard InChI is InChI=1S/C10H15N3S/c1-6-5-14-10(12-6)7(2)13-9(11)8-3-4-8/h5,7-8H,3-4H2,1-2H3,(H2,11,13). The third-order valence-electron chi connectivity index (χ3n) is 2.33. The van der Waals surface area contributed by atoms with Gasteiger partial charge in [-0.3, -0.25) is 4.99 Å². The summed E-state index contributed by atoms with van der Waals surface area (Å²) in [5, 5.41) is 3.11. The summed E-state index contributed by atoms with van der Waals surface area (Å²) in [6.07, 6.45) is 2.41. The highest BCUT2D eigenvalue weighted by molar-refractivity contribution is 7.09. The summed E-state index contributed by atoms with van der Waals surface area (Å²) < 4.78 is 0. The van der Waals surface area contributed by atoms with Crippen molar-refractivity contribution in [3.63, 3.8) is 0 Å². The molecule has 1 unspecified atom stereocenters. The smallest absolute Gasteiger partial charge is 0.117 e. The molecule has 14 heavy (non-hydrogen) atoms. The molecule has 0 spiro atoms. The minimum absolute atomic E-state index is 0.120. The van der Waals surface area contributed by atoms with Gasteiger partial charge < -0.3 is 5.73 Å². The van der Waals surface area contributed by atoms with E-state index in [0.29, 0.717) is 5.92 Å². The first kappa shape index (κ1) is 9.65. The SMILES string of the molecule is Cc1csc(C(C)N=C(N)C2CC2)n1. The molecular weight excluding hydrogens is 194 g/mol. The van der Waals surface area contributed by atoms with Crippen molar-refractivity contribution in [1.29, 1.82) is 0 Å². The van der Waals surface area contributed by atoms with Gasteiger partial charge in [-0.05, 0) is 26.7 Å². The Labute approximate surface area is 88.1 Å². The molecule has 1 aromatic rings. The molecule has 0 bridgehead atoms. The molecule has 1 saturated carbocycles. The summed E-state index contributed by atoms with van der Waals surface area (Å²) in [5.74, 6) is 1.36. The minimum Gasteiger partial charge on any atom is -0.387 e. The number of rotatable bonds is 3. The van der Waals surface area contributed by atoms with Crippen LogP contribution in [0.1, 0.15) is 36.5 Å². The van der Waals surface area contributed by atoms with E-state index >= 15 is 0 Å². The predicted octanol–water partition coefficient (Wildman–Crippen LogP) is 2.28. The summed E-state index contributed by atoms with van der Waals surface area (Å²) in [5.41, 5.74) is 6.92. The van der Waals surface area contributed by atoms with Crippen molar-refractivity contribution in [3.8, 4) is 0 Å². The second kappa shape index (κ2) is 3.69. The van der Waals surface area contributed by atoms with Gasteiger partial charge in [0.15, 0.2) is 0 Å². The Bertz CT molecular complexity index is 352. The lowest BCUT2D eigenvalue weighted by Gasteiger charge is -2.03. The molecule has 0 aromatic carbocycles. The van der Waals surface area contributed by atoms with Crippen molar-refractivity contribution in [2.75, 3.05) is 0 Å². The van der Waals surface area contributed by atoms with E-state index in [1.165, 1.54) is 12.8 Å². The quantitative estimate of drug-likeness (QED) is 0.613. The number of thiazole rings is 1. The van der Waals surface area contributed by atoms with Crippen LogP contribution in [0.5, 0.6) is 0 Å². The summed E-state index contributed by atoms with van der Waals surface area (Å²) in [4.78, 5) is 8.86. The molecule has 1 fully saturated rings. The molecule has 0 saturated heterocycles. The van der Waals surface area contributed by atoms with Crippen molar-refractivity contribution in [2.24, 2.45) is 16.6 Å². The van der Waals surface area contributed by atoms with Crippen molar-refractivity contribution >= 4 is 17.2 Å². The fraction of sp³-hybridized carbons (Fsp3) is 0.600. The normalized spacial score (nSPS) is 19.7. The van der Waals surface area contributed by atoms with Crippen LogP contribution in [0.2, 0.25) is 0 Å². The molecule has 1 heterocycles. The van der Waals surface area contributed by atoms with E-state index in [9.17, 15) is 0 Å². The monoisotopic (exact) mass is 209 g/mol. The fourth-order valence-corrected chi connectivity index (χ4v) is 2.12. The van der Waals surface area contributed by atoms with Crippen LogP contribution in [-0.2, 0) is 0 Å². The Kier molecular flexibility index (Phi) is 2.54. The number of aryl methyl sites for hydroxylation is 1. The third-order valence-corrected chi connectivity index (χ3v) is 3.47. The first-order valence-electron chi connectivity index (χ1n) is 4.92. The van der Waals surface area contributed by atoms with Crippen molar-refractivity contribution in [1.82, 2.24) is 4.98 Å². The van der Waals surface area contributed by atoms with E-state index in [4.69, 9.17) is 5.73 Å². The average Bonchev–Trinajstić information content (AvgIpc) is 2.89. The van der Waals surface area contributed by atoms with Gasteiger partial charge in [0.2, 0.25) is 0 Å². The van der Waals surface area contributed by atoms with Gasteiger partial charge in [0.1, 0.15) is 11.0 Å². The van der Waals surface area contributed by atoms with Crippen LogP contribution < -0.4 is 5.73 Å². The van der Waals surface area contributed by atoms with Crippen LogP contribution in [0.3, 0.4) is 0 Å². The summed E-state index contributed by atoms with van der Waals surface area (Å²) in [6, 6.07) is 0.120. The lowest BCUT2D eigenvalue weighted by atomic mass is 10.3. The largest absolute Gasteiger partial charge is 0.387 e. The van der Waals surface area contributed by atoms with Crippen molar-refractivity contribution in [3.05, 3.63) is 16.1 Å². The Hall–Kier alpha value is -0.900. The van der Waals surface area contributed by atoms with E-state index in [-0.39, 0.29) is 6.04 Å². The second-order valence-electron chi connectivity index (χ2n) is 3.83. The number of aliphatic imine (C=N–C) groups is 1. The molecule has 1 aliphatic rings. The van der Waals surface area contributed by atoms with Crippen molar-refractivity contribution < 1.29 is 0 Å². The first-order valence-corrected chi connectivity index (χ1v) is 5.80. The maximum absolute atomic E-state index is 5.85. The van der Waals surface area contributed by atoms with E-state index in [2.05, 4.69) is 15.4 Å². The van der Waals surface area contributed by atoms with Gasteiger partial charge in [-0.25, -0.2) is 4.98 Å². The summed E-state index contributed by atoms with van der Waals surface area (Å²) >= 11 is 1.66. The molecule has 1 aromatic heterocycles. The molecule has 4 heteroatoms. The average molecular weight is 209 g/mol. The van der Waals surface area contributed by atoms with Crippen LogP contribution in [0, 0.1) is 12.8 Å². The Balaban J connectivity index is 2.07. The molecule has 3 nitrogen and oxygen atoms in total. The van der Waals surface area contributed by atoms with Gasteiger partial charge in [0, 0.05) is 17.0 Å². The predicted molar refractivity (Wildman–Crippen MR) is 59.6 cm³/mol. The van der Waals surface area contributed by atoms with Gasteiger partial charge in [-0.1, -0.05) is 0 Å². The fourth-order valence-electron chi connectivity index (χ4n) is 1.33. The summed E-state index contributed by atoms with van der Waals surface area (Å²) in [7, 11) is 0. The van der Waals surface area contributed by atoms with Gasteiger partial charge in [-0.2, -0.15) is 0 Å². The van der Waals surface area contributed by atoms with E-state index in [1.54, 1.807) is 11.3 Å². The maximum Gasteiger partial charge on any atom is 0.117 e. The third kappa shape index (κ3) is 2.12. The number of hydrogen-bond donors (Lipinski definition) is 1. The number of aromatic nitrogens is 1. The maximum atomic E-state index is 5.85. The van der Waals surface area contributed by atoms with Crippen LogP contribution in [0.25, 0.3) is 0 Å². The Morgan fingerprint density at radius 3 is 2.93 bits per heavy atom. The van der Waals surface area contributed by atoms with Gasteiger partial charge >= 0.3 is 0 Å². The summed E-state index contributed by atoms with van der Waals surface area (Å²) in [6.45, 7) is 4.05. The van der Waals surface area contributed by atoms with Gasteiger partial charge in [0.25, 0.3) is 0 Å². The first-order chi connectivity index (χ1) is 6.66. The molecule has 0 amide bonds. The zero-order valence-corrected chi connectivity index (χ0v) is 9.34. The highest BCUT2D eigenvalue weighted by Crippen LogP contribution is 2.30. The minimum atomic E-state index is 0.120. The number of nitrogens with zero attached hydrogens (tertiary/aromatic N) is 2. The number of hydrogen-bond acceptors (Lipinski definition) is 3. The van der Waals surface area contributed by atoms with Gasteiger partial charge in [-0.15, -0.1) is 11.3 Å². The lowest BCUT2D eigenvalue weighted by Crippen LogP contribution is -2.15. The van der Waals surface area contributed by atoms with Crippen LogP contribution >= 0.6 is 11.3 Å². The number of nitrogens with two attached hydrogens (primary N) is 1. The second-order valence-corrected chi connectivity index (χ2v) is 4.72. The molecular formula is C10H15N3S. The zero-order chi connectivity index (χ0) is 10.1. The highest BCUT2D eigenvalue weighted by Gasteiger charge is 2.26. The van der Waals surface area contributed by atoms with Crippen LogP contribution in [-0.4, -0.2) is 10.8 Å². The molecule has 0 radical (unpaired) electrons. The van der Waals surface area contributed by atoms with E-state index in [0.717, 1.165) is 16.5 Å². The zero-order valence-electron chi connectivity index (χ0n) is 8.53. The molecule has 76 valence electrons. The Morgan fingerprint density at radius 1 is 1.71 bits per heavy atom. The topological polar surface area (TPSA) is 51.3 Å². The molecule has 2 N–H and O–H groups in total. The van der Waals surface area contributed by atoms with Gasteiger partial charge in [0.05, 0.1) is 5.84 Å². The van der Waals surface area contributed by atoms with E-state index in [1.807, 2.05) is 13.8 Å². The van der Waals surface area contributed by atoms with Crippen LogP contribution in [0.4, 0.5) is 0 Å². The highest BCUT2D eigenvalue weighted by atomic mass is 32.1. The molecule has 1 aliphatic carbocycles. The molecule has 0 aliphatic heterocycles. The van der Waals surface area contributed by atoms with E-state index < -0.39 is 0 Å². The molecule has 1 atom stereocenters. The lowest BCUT2D eigenvalue weighted by molar-refractivity contribution is 0.794. The number of amidine groups is 1.